The molecule has 2 amide bonds. The smallest absolute Gasteiger partial charge is 0.306 e. The minimum atomic E-state index is -0.452. The lowest BCUT2D eigenvalue weighted by atomic mass is 10.2. The van der Waals surface area contributed by atoms with Crippen molar-refractivity contribution in [1.29, 1.82) is 0 Å². The van der Waals surface area contributed by atoms with E-state index in [-0.39, 0.29) is 18.0 Å². The van der Waals surface area contributed by atoms with Crippen LogP contribution in [0.1, 0.15) is 50.4 Å². The Labute approximate surface area is 170 Å². The summed E-state index contributed by atoms with van der Waals surface area (Å²) in [5.41, 5.74) is 5.23. The van der Waals surface area contributed by atoms with E-state index in [4.69, 9.17) is 21.7 Å². The molecule has 0 unspecified atom stereocenters. The predicted molar refractivity (Wildman–Crippen MR) is 109 cm³/mol. The van der Waals surface area contributed by atoms with Crippen LogP contribution < -0.4 is 20.9 Å². The fourth-order valence-corrected chi connectivity index (χ4v) is 2.04. The number of carbonyl (C=O) groups is 3. The first-order valence-electron chi connectivity index (χ1n) is 9.10. The highest BCUT2D eigenvalue weighted by molar-refractivity contribution is 7.80. The van der Waals surface area contributed by atoms with Gasteiger partial charge in [-0.05, 0) is 48.8 Å². The number of hydrogen-bond donors (Lipinski definition) is 3. The second kappa shape index (κ2) is 12.7. The zero-order chi connectivity index (χ0) is 20.9. The van der Waals surface area contributed by atoms with Gasteiger partial charge in [-0.2, -0.15) is 0 Å². The van der Waals surface area contributed by atoms with Crippen LogP contribution in [-0.2, 0) is 14.3 Å². The van der Waals surface area contributed by atoms with Gasteiger partial charge >= 0.3 is 5.97 Å². The largest absolute Gasteiger partial charge is 0.493 e. The van der Waals surface area contributed by atoms with Gasteiger partial charge in [-0.3, -0.25) is 25.2 Å². The summed E-state index contributed by atoms with van der Waals surface area (Å²) in [4.78, 5) is 35.1. The Morgan fingerprint density at radius 1 is 1.07 bits per heavy atom. The van der Waals surface area contributed by atoms with Crippen LogP contribution in [0.25, 0.3) is 0 Å². The molecule has 0 saturated carbocycles. The molecule has 0 aromatic heterocycles. The number of rotatable bonds is 9. The number of ether oxygens (including phenoxy) is 2. The van der Waals surface area contributed by atoms with Crippen LogP contribution in [0.5, 0.6) is 5.75 Å². The molecule has 0 atom stereocenters. The van der Waals surface area contributed by atoms with Gasteiger partial charge in [0.1, 0.15) is 5.75 Å². The Bertz CT molecular complexity index is 677. The van der Waals surface area contributed by atoms with Crippen molar-refractivity contribution in [2.24, 2.45) is 5.92 Å². The summed E-state index contributed by atoms with van der Waals surface area (Å²) in [6.45, 7) is 6.91. The second-order valence-electron chi connectivity index (χ2n) is 6.41. The molecule has 9 heteroatoms. The van der Waals surface area contributed by atoms with Crippen molar-refractivity contribution in [1.82, 2.24) is 16.2 Å². The number of benzene rings is 1. The monoisotopic (exact) mass is 409 g/mol. The molecule has 0 fully saturated rings. The average molecular weight is 410 g/mol. The van der Waals surface area contributed by atoms with Crippen molar-refractivity contribution < 1.29 is 23.9 Å². The van der Waals surface area contributed by atoms with E-state index < -0.39 is 17.8 Å². The van der Waals surface area contributed by atoms with E-state index in [1.54, 1.807) is 24.3 Å². The van der Waals surface area contributed by atoms with Gasteiger partial charge in [0.2, 0.25) is 5.91 Å². The van der Waals surface area contributed by atoms with Crippen molar-refractivity contribution in [2.45, 2.75) is 40.0 Å². The molecule has 8 nitrogen and oxygen atoms in total. The molecule has 0 radical (unpaired) electrons. The highest BCUT2D eigenvalue weighted by Gasteiger charge is 2.11. The summed E-state index contributed by atoms with van der Waals surface area (Å²) >= 11 is 4.93. The Balaban J connectivity index is 2.32. The number of hydrazine groups is 1. The topological polar surface area (TPSA) is 106 Å². The van der Waals surface area contributed by atoms with E-state index in [9.17, 15) is 14.4 Å². The first kappa shape index (κ1) is 23.4. The fraction of sp³-hybridized carbons (Fsp3) is 0.474. The van der Waals surface area contributed by atoms with E-state index in [2.05, 4.69) is 16.2 Å². The molecule has 1 rings (SSSR count). The van der Waals surface area contributed by atoms with Crippen LogP contribution in [0.3, 0.4) is 0 Å². The molecule has 1 aromatic carbocycles. The van der Waals surface area contributed by atoms with E-state index in [1.807, 2.05) is 20.8 Å². The predicted octanol–water partition coefficient (Wildman–Crippen LogP) is 2.09. The van der Waals surface area contributed by atoms with Gasteiger partial charge < -0.3 is 14.8 Å². The van der Waals surface area contributed by atoms with Gasteiger partial charge in [-0.25, -0.2) is 0 Å². The highest BCUT2D eigenvalue weighted by Crippen LogP contribution is 2.13. The molecular formula is C19H27N3O5S. The van der Waals surface area contributed by atoms with E-state index in [1.165, 1.54) is 0 Å². The van der Waals surface area contributed by atoms with Crippen LogP contribution in [0, 0.1) is 5.92 Å². The maximum absolute atomic E-state index is 12.1. The van der Waals surface area contributed by atoms with Crippen LogP contribution in [0.4, 0.5) is 0 Å². The van der Waals surface area contributed by atoms with E-state index in [0.717, 1.165) is 6.42 Å². The third-order valence-electron chi connectivity index (χ3n) is 3.27. The van der Waals surface area contributed by atoms with E-state index >= 15 is 0 Å². The van der Waals surface area contributed by atoms with Gasteiger partial charge in [0.05, 0.1) is 19.6 Å². The van der Waals surface area contributed by atoms with Crippen molar-refractivity contribution in [3.63, 3.8) is 0 Å². The van der Waals surface area contributed by atoms with Crippen molar-refractivity contribution in [3.8, 4) is 5.75 Å². The molecule has 0 bridgehead atoms. The van der Waals surface area contributed by atoms with Crippen molar-refractivity contribution in [3.05, 3.63) is 29.8 Å². The zero-order valence-electron chi connectivity index (χ0n) is 16.4. The van der Waals surface area contributed by atoms with Gasteiger partial charge in [0.25, 0.3) is 5.91 Å². The first-order valence-corrected chi connectivity index (χ1v) is 9.51. The molecular weight excluding hydrogens is 382 g/mol. The number of carbonyl (C=O) groups excluding carboxylic acids is 3. The lowest BCUT2D eigenvalue weighted by Crippen LogP contribution is -2.48. The molecule has 28 heavy (non-hydrogen) atoms. The molecule has 0 aliphatic heterocycles. The maximum Gasteiger partial charge on any atom is 0.306 e. The molecule has 0 heterocycles. The van der Waals surface area contributed by atoms with Crippen LogP contribution in [0.2, 0.25) is 0 Å². The van der Waals surface area contributed by atoms with Gasteiger partial charge in [-0.15, -0.1) is 0 Å². The standard InChI is InChI=1S/C19H27N3O5S/c1-4-11-26-17(24)10-9-16(23)20-19(28)22-21-18(25)14-5-7-15(8-6-14)27-12-13(2)3/h5-8,13H,4,9-12H2,1-3H3,(H,21,25)(H2,20,22,23,28). The number of esters is 1. The first-order chi connectivity index (χ1) is 13.3. The third kappa shape index (κ3) is 9.86. The summed E-state index contributed by atoms with van der Waals surface area (Å²) in [5.74, 6) is -0.226. The Morgan fingerprint density at radius 2 is 1.75 bits per heavy atom. The molecule has 0 saturated heterocycles. The van der Waals surface area contributed by atoms with Crippen LogP contribution >= 0.6 is 12.2 Å². The Hall–Kier alpha value is -2.68. The molecule has 0 aliphatic rings. The maximum atomic E-state index is 12.1. The minimum Gasteiger partial charge on any atom is -0.493 e. The summed E-state index contributed by atoms with van der Waals surface area (Å²) in [6, 6.07) is 6.65. The van der Waals surface area contributed by atoms with Gasteiger partial charge in [-0.1, -0.05) is 20.8 Å². The van der Waals surface area contributed by atoms with Crippen molar-refractivity contribution in [2.75, 3.05) is 13.2 Å². The minimum absolute atomic E-state index is 0.0357. The Kier molecular flexibility index (Phi) is 10.6. The van der Waals surface area contributed by atoms with Gasteiger partial charge in [0.15, 0.2) is 5.11 Å². The highest BCUT2D eigenvalue weighted by atomic mass is 32.1. The van der Waals surface area contributed by atoms with Crippen LogP contribution in [-0.4, -0.2) is 36.1 Å². The zero-order valence-corrected chi connectivity index (χ0v) is 17.2. The summed E-state index contributed by atoms with van der Waals surface area (Å²) < 4.78 is 10.4. The molecule has 154 valence electrons. The summed E-state index contributed by atoms with van der Waals surface area (Å²) in [5, 5.41) is 2.30. The quantitative estimate of drug-likeness (QED) is 0.326. The normalized spacial score (nSPS) is 10.1. The number of amides is 2. The lowest BCUT2D eigenvalue weighted by Gasteiger charge is -2.11. The second-order valence-corrected chi connectivity index (χ2v) is 6.81. The fourth-order valence-electron chi connectivity index (χ4n) is 1.88. The van der Waals surface area contributed by atoms with E-state index in [0.29, 0.717) is 30.4 Å². The number of thiocarbonyl (C=S) groups is 1. The lowest BCUT2D eigenvalue weighted by molar-refractivity contribution is -0.144. The summed E-state index contributed by atoms with van der Waals surface area (Å²) in [7, 11) is 0. The average Bonchev–Trinajstić information content (AvgIpc) is 2.67. The van der Waals surface area contributed by atoms with Crippen LogP contribution in [0.15, 0.2) is 24.3 Å². The number of hydrogen-bond acceptors (Lipinski definition) is 6. The summed E-state index contributed by atoms with van der Waals surface area (Å²) in [6.07, 6.45) is 0.627. The molecule has 0 spiro atoms. The molecule has 3 N–H and O–H groups in total. The SMILES string of the molecule is CCCOC(=O)CCC(=O)NC(=S)NNC(=O)c1ccc(OCC(C)C)cc1. The van der Waals surface area contributed by atoms with Gasteiger partial charge in [0, 0.05) is 12.0 Å². The molecule has 1 aromatic rings. The van der Waals surface area contributed by atoms with Crippen molar-refractivity contribution >= 4 is 35.1 Å². The number of nitrogens with one attached hydrogen (secondary N) is 3. The molecule has 0 aliphatic carbocycles. The Morgan fingerprint density at radius 3 is 2.36 bits per heavy atom. The third-order valence-corrected chi connectivity index (χ3v) is 3.47.